The molecule has 0 aromatic heterocycles. The molecular weight excluding hydrogens is 320 g/mol. The van der Waals surface area contributed by atoms with Crippen molar-refractivity contribution in [2.24, 2.45) is 0 Å². The van der Waals surface area contributed by atoms with Gasteiger partial charge in [0.1, 0.15) is 11.5 Å². The molecule has 0 saturated carbocycles. The molecule has 0 spiro atoms. The highest BCUT2D eigenvalue weighted by Gasteiger charge is 2.13. The van der Waals surface area contributed by atoms with Crippen LogP contribution in [0.15, 0.2) is 42.5 Å². The van der Waals surface area contributed by atoms with E-state index in [1.807, 2.05) is 0 Å². The van der Waals surface area contributed by atoms with Crippen molar-refractivity contribution in [3.63, 3.8) is 0 Å². The molecule has 0 aliphatic rings. The molecule has 0 unspecified atom stereocenters. The van der Waals surface area contributed by atoms with E-state index in [1.54, 1.807) is 30.3 Å². The lowest BCUT2D eigenvalue weighted by molar-refractivity contribution is 0.0846. The smallest absolute Gasteiger partial charge is 0.271 e. The lowest BCUT2D eigenvalue weighted by Crippen LogP contribution is -2.41. The average Bonchev–Trinajstić information content (AvgIpc) is 2.59. The molecule has 2 rings (SSSR count). The number of hydrogen-bond donors (Lipinski definition) is 2. The number of methoxy groups -OCH3 is 2. The first-order valence-corrected chi connectivity index (χ1v) is 7.01. The Hall–Kier alpha value is -2.73. The lowest BCUT2D eigenvalue weighted by atomic mass is 10.2. The van der Waals surface area contributed by atoms with E-state index in [4.69, 9.17) is 21.1 Å². The van der Waals surface area contributed by atoms with Crippen LogP contribution in [-0.2, 0) is 0 Å². The van der Waals surface area contributed by atoms with Gasteiger partial charge in [-0.2, -0.15) is 0 Å². The van der Waals surface area contributed by atoms with Crippen molar-refractivity contribution < 1.29 is 19.1 Å². The fourth-order valence-electron chi connectivity index (χ4n) is 1.84. The first-order chi connectivity index (χ1) is 11.0. The summed E-state index contributed by atoms with van der Waals surface area (Å²) in [5, 5.41) is 0.294. The van der Waals surface area contributed by atoms with Crippen molar-refractivity contribution in [2.45, 2.75) is 0 Å². The summed E-state index contributed by atoms with van der Waals surface area (Å²) in [5.74, 6) is -0.0970. The first kappa shape index (κ1) is 16.6. The minimum Gasteiger partial charge on any atom is -0.497 e. The Kier molecular flexibility index (Phi) is 5.43. The summed E-state index contributed by atoms with van der Waals surface area (Å²) < 4.78 is 10.2. The number of nitrogens with one attached hydrogen (secondary N) is 2. The average molecular weight is 335 g/mol. The van der Waals surface area contributed by atoms with Crippen LogP contribution in [-0.4, -0.2) is 26.0 Å². The summed E-state index contributed by atoms with van der Waals surface area (Å²) in [6, 6.07) is 11.2. The summed E-state index contributed by atoms with van der Waals surface area (Å²) in [6.07, 6.45) is 0. The molecule has 7 heteroatoms. The van der Waals surface area contributed by atoms with Gasteiger partial charge in [-0.1, -0.05) is 23.7 Å². The van der Waals surface area contributed by atoms with E-state index in [9.17, 15) is 9.59 Å². The van der Waals surface area contributed by atoms with Gasteiger partial charge in [0.05, 0.1) is 24.8 Å². The second-order valence-electron chi connectivity index (χ2n) is 4.49. The lowest BCUT2D eigenvalue weighted by Gasteiger charge is -2.10. The molecule has 6 nitrogen and oxygen atoms in total. The molecule has 2 aromatic rings. The zero-order chi connectivity index (χ0) is 16.8. The Morgan fingerprint density at radius 1 is 0.913 bits per heavy atom. The van der Waals surface area contributed by atoms with Crippen molar-refractivity contribution in [3.8, 4) is 11.5 Å². The summed E-state index contributed by atoms with van der Waals surface area (Å²) in [5.41, 5.74) is 5.17. The Morgan fingerprint density at radius 3 is 2.04 bits per heavy atom. The highest BCUT2D eigenvalue weighted by molar-refractivity contribution is 6.33. The molecule has 0 aliphatic heterocycles. The van der Waals surface area contributed by atoms with Crippen LogP contribution in [0.1, 0.15) is 20.7 Å². The second kappa shape index (κ2) is 7.51. The summed E-state index contributed by atoms with van der Waals surface area (Å²) in [4.78, 5) is 24.1. The minimum atomic E-state index is -0.515. The molecule has 2 amide bonds. The summed E-state index contributed by atoms with van der Waals surface area (Å²) in [7, 11) is 2.96. The molecule has 120 valence electrons. The third-order valence-electron chi connectivity index (χ3n) is 3.02. The van der Waals surface area contributed by atoms with Gasteiger partial charge in [-0.25, -0.2) is 0 Å². The number of carbonyl (C=O) groups excluding carboxylic acids is 2. The molecule has 0 bridgehead atoms. The maximum Gasteiger partial charge on any atom is 0.271 e. The topological polar surface area (TPSA) is 76.7 Å². The Bertz CT molecular complexity index is 712. The normalized spacial score (nSPS) is 9.87. The molecular formula is C16H15ClN2O4. The van der Waals surface area contributed by atoms with Gasteiger partial charge in [0.2, 0.25) is 0 Å². The zero-order valence-corrected chi connectivity index (χ0v) is 13.3. The number of rotatable bonds is 4. The van der Waals surface area contributed by atoms with E-state index in [1.165, 1.54) is 26.4 Å². The Labute approximate surface area is 138 Å². The van der Waals surface area contributed by atoms with Gasteiger partial charge in [0.25, 0.3) is 11.8 Å². The highest BCUT2D eigenvalue weighted by Crippen LogP contribution is 2.22. The SMILES string of the molecule is COc1cc(OC)cc(C(=O)NNC(=O)c2ccccc2Cl)c1. The van der Waals surface area contributed by atoms with Crippen molar-refractivity contribution in [3.05, 3.63) is 58.6 Å². The van der Waals surface area contributed by atoms with E-state index in [0.717, 1.165) is 0 Å². The van der Waals surface area contributed by atoms with Crippen molar-refractivity contribution >= 4 is 23.4 Å². The zero-order valence-electron chi connectivity index (χ0n) is 12.6. The van der Waals surface area contributed by atoms with Crippen LogP contribution in [0.4, 0.5) is 0 Å². The Balaban J connectivity index is 2.08. The largest absolute Gasteiger partial charge is 0.497 e. The number of ether oxygens (including phenoxy) is 2. The predicted octanol–water partition coefficient (Wildman–Crippen LogP) is 2.43. The van der Waals surface area contributed by atoms with Gasteiger partial charge in [-0.3, -0.25) is 20.4 Å². The maximum absolute atomic E-state index is 12.1. The molecule has 0 heterocycles. The fraction of sp³-hybridized carbons (Fsp3) is 0.125. The van der Waals surface area contributed by atoms with Crippen LogP contribution in [0.2, 0.25) is 5.02 Å². The van der Waals surface area contributed by atoms with Gasteiger partial charge in [-0.15, -0.1) is 0 Å². The quantitative estimate of drug-likeness (QED) is 0.842. The predicted molar refractivity (Wildman–Crippen MR) is 85.9 cm³/mol. The van der Waals surface area contributed by atoms with Crippen LogP contribution in [0, 0.1) is 0 Å². The summed E-state index contributed by atoms with van der Waals surface area (Å²) in [6.45, 7) is 0. The molecule has 0 saturated heterocycles. The number of benzene rings is 2. The van der Waals surface area contributed by atoms with Gasteiger partial charge < -0.3 is 9.47 Å². The first-order valence-electron chi connectivity index (χ1n) is 6.63. The van der Waals surface area contributed by atoms with Gasteiger partial charge >= 0.3 is 0 Å². The monoisotopic (exact) mass is 334 g/mol. The van der Waals surface area contributed by atoms with Crippen LogP contribution in [0.3, 0.4) is 0 Å². The molecule has 0 aliphatic carbocycles. The van der Waals surface area contributed by atoms with E-state index in [-0.39, 0.29) is 11.1 Å². The third kappa shape index (κ3) is 4.14. The number of amides is 2. The van der Waals surface area contributed by atoms with Gasteiger partial charge in [0, 0.05) is 11.6 Å². The van der Waals surface area contributed by atoms with Crippen LogP contribution < -0.4 is 20.3 Å². The minimum absolute atomic E-state index is 0.262. The van der Waals surface area contributed by atoms with Crippen molar-refractivity contribution in [1.29, 1.82) is 0 Å². The number of halogens is 1. The molecule has 0 fully saturated rings. The molecule has 2 aromatic carbocycles. The van der Waals surface area contributed by atoms with Gasteiger partial charge in [-0.05, 0) is 24.3 Å². The van der Waals surface area contributed by atoms with Crippen LogP contribution >= 0.6 is 11.6 Å². The fourth-order valence-corrected chi connectivity index (χ4v) is 2.06. The summed E-state index contributed by atoms with van der Waals surface area (Å²) >= 11 is 5.92. The standard InChI is InChI=1S/C16H15ClN2O4/c1-22-11-7-10(8-12(9-11)23-2)15(20)18-19-16(21)13-5-3-4-6-14(13)17/h3-9H,1-2H3,(H,18,20)(H,19,21). The second-order valence-corrected chi connectivity index (χ2v) is 4.90. The highest BCUT2D eigenvalue weighted by atomic mass is 35.5. The van der Waals surface area contributed by atoms with Crippen LogP contribution in [0.5, 0.6) is 11.5 Å². The van der Waals surface area contributed by atoms with Crippen molar-refractivity contribution in [2.75, 3.05) is 14.2 Å². The maximum atomic E-state index is 12.1. The molecule has 0 atom stereocenters. The van der Waals surface area contributed by atoms with E-state index < -0.39 is 11.8 Å². The van der Waals surface area contributed by atoms with Crippen LogP contribution in [0.25, 0.3) is 0 Å². The molecule has 23 heavy (non-hydrogen) atoms. The van der Waals surface area contributed by atoms with E-state index in [2.05, 4.69) is 10.9 Å². The van der Waals surface area contributed by atoms with Crippen molar-refractivity contribution in [1.82, 2.24) is 10.9 Å². The number of hydrogen-bond acceptors (Lipinski definition) is 4. The van der Waals surface area contributed by atoms with E-state index >= 15 is 0 Å². The number of carbonyl (C=O) groups is 2. The third-order valence-corrected chi connectivity index (χ3v) is 3.35. The number of hydrazine groups is 1. The molecule has 0 radical (unpaired) electrons. The van der Waals surface area contributed by atoms with Gasteiger partial charge in [0.15, 0.2) is 0 Å². The molecule has 2 N–H and O–H groups in total. The Morgan fingerprint density at radius 2 is 1.48 bits per heavy atom. The van der Waals surface area contributed by atoms with E-state index in [0.29, 0.717) is 16.5 Å².